The number of hydrogen-bond donors (Lipinski definition) is 1. The highest BCUT2D eigenvalue weighted by molar-refractivity contribution is 6.33. The Morgan fingerprint density at radius 2 is 1.82 bits per heavy atom. The number of nitrogens with zero attached hydrogens (tertiary/aromatic N) is 4. The largest absolute Gasteiger partial charge is 0.326 e. The standard InChI is InChI=1S/C21H22ClN5O/c22-17-11-6-7-12-18(17)23-21(28)27(16-9-3-1-4-10-16)15-20-25-24-19-13-5-2-8-14-26(19)20/h1,3-4,6-7,9-12H,2,5,8,13-15H2,(H,23,28). The second-order valence-corrected chi connectivity index (χ2v) is 7.23. The van der Waals surface area contributed by atoms with E-state index < -0.39 is 0 Å². The van der Waals surface area contributed by atoms with E-state index in [1.807, 2.05) is 42.5 Å². The second-order valence-electron chi connectivity index (χ2n) is 6.83. The first kappa shape index (κ1) is 18.5. The minimum Gasteiger partial charge on any atom is -0.313 e. The molecule has 0 aliphatic carbocycles. The molecule has 2 heterocycles. The van der Waals surface area contributed by atoms with Gasteiger partial charge in [-0.3, -0.25) is 4.90 Å². The number of nitrogens with one attached hydrogen (secondary N) is 1. The first-order valence-electron chi connectivity index (χ1n) is 9.51. The zero-order valence-electron chi connectivity index (χ0n) is 15.5. The molecule has 0 bridgehead atoms. The highest BCUT2D eigenvalue weighted by Gasteiger charge is 2.22. The molecule has 6 nitrogen and oxygen atoms in total. The topological polar surface area (TPSA) is 63.1 Å². The number of para-hydroxylation sites is 2. The molecule has 4 rings (SSSR count). The lowest BCUT2D eigenvalue weighted by Gasteiger charge is -2.23. The Balaban J connectivity index is 1.62. The Morgan fingerprint density at radius 3 is 2.64 bits per heavy atom. The number of aryl methyl sites for hydroxylation is 1. The van der Waals surface area contributed by atoms with Gasteiger partial charge < -0.3 is 9.88 Å². The van der Waals surface area contributed by atoms with Gasteiger partial charge in [0.25, 0.3) is 0 Å². The lowest BCUT2D eigenvalue weighted by molar-refractivity contribution is 0.256. The Labute approximate surface area is 169 Å². The van der Waals surface area contributed by atoms with Gasteiger partial charge in [0.15, 0.2) is 5.82 Å². The monoisotopic (exact) mass is 395 g/mol. The van der Waals surface area contributed by atoms with E-state index in [1.165, 1.54) is 6.42 Å². The van der Waals surface area contributed by atoms with Crippen LogP contribution in [0.25, 0.3) is 0 Å². The van der Waals surface area contributed by atoms with E-state index in [0.717, 1.165) is 43.1 Å². The molecule has 0 unspecified atom stereocenters. The Kier molecular flexibility index (Phi) is 5.58. The summed E-state index contributed by atoms with van der Waals surface area (Å²) in [5.41, 5.74) is 1.37. The molecule has 0 saturated heterocycles. The average Bonchev–Trinajstić information content (AvgIpc) is 2.94. The first-order chi connectivity index (χ1) is 13.7. The lowest BCUT2D eigenvalue weighted by atomic mass is 10.2. The van der Waals surface area contributed by atoms with Gasteiger partial charge >= 0.3 is 6.03 Å². The number of carbonyl (C=O) groups excluding carboxylic acids is 1. The third kappa shape index (κ3) is 4.02. The number of amides is 2. The summed E-state index contributed by atoms with van der Waals surface area (Å²) in [6.07, 6.45) is 4.37. The van der Waals surface area contributed by atoms with Crippen molar-refractivity contribution in [1.29, 1.82) is 0 Å². The van der Waals surface area contributed by atoms with Gasteiger partial charge in [-0.25, -0.2) is 4.79 Å². The Bertz CT molecular complexity index is 956. The average molecular weight is 396 g/mol. The van der Waals surface area contributed by atoms with Gasteiger partial charge in [-0.05, 0) is 37.1 Å². The van der Waals surface area contributed by atoms with Crippen molar-refractivity contribution in [2.24, 2.45) is 0 Å². The molecular formula is C21H22ClN5O. The second kappa shape index (κ2) is 8.44. The van der Waals surface area contributed by atoms with Crippen LogP contribution in [0.1, 0.15) is 30.9 Å². The summed E-state index contributed by atoms with van der Waals surface area (Å²) in [5, 5.41) is 12.1. The minimum absolute atomic E-state index is 0.259. The lowest BCUT2D eigenvalue weighted by Crippen LogP contribution is -2.35. The Morgan fingerprint density at radius 1 is 1.04 bits per heavy atom. The van der Waals surface area contributed by atoms with Crippen LogP contribution in [0, 0.1) is 0 Å². The highest BCUT2D eigenvalue weighted by Crippen LogP contribution is 2.24. The van der Waals surface area contributed by atoms with Gasteiger partial charge in [0.05, 0.1) is 17.3 Å². The summed E-state index contributed by atoms with van der Waals surface area (Å²) in [7, 11) is 0. The van der Waals surface area contributed by atoms with Crippen molar-refractivity contribution in [1.82, 2.24) is 14.8 Å². The van der Waals surface area contributed by atoms with Gasteiger partial charge in [-0.15, -0.1) is 10.2 Å². The van der Waals surface area contributed by atoms with Crippen molar-refractivity contribution in [2.75, 3.05) is 10.2 Å². The SMILES string of the molecule is O=C(Nc1ccccc1Cl)N(Cc1nnc2n1CCCCC2)c1ccccc1. The molecule has 1 aliphatic heterocycles. The van der Waals surface area contributed by atoms with Gasteiger partial charge in [0.1, 0.15) is 5.82 Å². The maximum atomic E-state index is 13.1. The van der Waals surface area contributed by atoms with Crippen LogP contribution in [0.4, 0.5) is 16.2 Å². The number of fused-ring (bicyclic) bond motifs is 1. The molecule has 1 aliphatic rings. The molecule has 7 heteroatoms. The molecule has 2 aromatic carbocycles. The smallest absolute Gasteiger partial charge is 0.313 e. The van der Waals surface area contributed by atoms with Crippen LogP contribution in [-0.4, -0.2) is 20.8 Å². The summed E-state index contributed by atoms with van der Waals surface area (Å²) >= 11 is 6.22. The van der Waals surface area contributed by atoms with Crippen molar-refractivity contribution < 1.29 is 4.79 Å². The van der Waals surface area contributed by atoms with E-state index in [9.17, 15) is 4.79 Å². The van der Waals surface area contributed by atoms with Crippen LogP contribution in [0.15, 0.2) is 54.6 Å². The minimum atomic E-state index is -0.259. The fourth-order valence-electron chi connectivity index (χ4n) is 3.44. The number of halogens is 1. The fraction of sp³-hybridized carbons (Fsp3) is 0.286. The van der Waals surface area contributed by atoms with Crippen LogP contribution < -0.4 is 10.2 Å². The van der Waals surface area contributed by atoms with Crippen LogP contribution in [0.5, 0.6) is 0 Å². The molecule has 1 N–H and O–H groups in total. The van der Waals surface area contributed by atoms with Gasteiger partial charge in [-0.2, -0.15) is 0 Å². The van der Waals surface area contributed by atoms with Crippen molar-refractivity contribution in [2.45, 2.75) is 38.8 Å². The number of benzene rings is 2. The molecule has 0 saturated carbocycles. The predicted molar refractivity (Wildman–Crippen MR) is 111 cm³/mol. The van der Waals surface area contributed by atoms with Crippen molar-refractivity contribution in [3.05, 3.63) is 71.3 Å². The molecule has 0 atom stereocenters. The number of hydrogen-bond acceptors (Lipinski definition) is 3. The van der Waals surface area contributed by atoms with Gasteiger partial charge in [0, 0.05) is 18.7 Å². The first-order valence-corrected chi connectivity index (χ1v) is 9.89. The van der Waals surface area contributed by atoms with Gasteiger partial charge in [0.2, 0.25) is 0 Å². The summed E-state index contributed by atoms with van der Waals surface area (Å²) < 4.78 is 2.16. The van der Waals surface area contributed by atoms with Crippen LogP contribution >= 0.6 is 11.6 Å². The molecule has 0 radical (unpaired) electrons. The van der Waals surface area contributed by atoms with Crippen molar-refractivity contribution in [3.63, 3.8) is 0 Å². The van der Waals surface area contributed by atoms with E-state index in [0.29, 0.717) is 17.3 Å². The van der Waals surface area contributed by atoms with E-state index >= 15 is 0 Å². The number of rotatable bonds is 4. The van der Waals surface area contributed by atoms with Crippen LogP contribution in [0.3, 0.4) is 0 Å². The molecule has 28 heavy (non-hydrogen) atoms. The zero-order valence-corrected chi connectivity index (χ0v) is 16.3. The normalized spacial score (nSPS) is 13.5. The van der Waals surface area contributed by atoms with Crippen LogP contribution in [0.2, 0.25) is 5.02 Å². The van der Waals surface area contributed by atoms with E-state index in [4.69, 9.17) is 11.6 Å². The summed E-state index contributed by atoms with van der Waals surface area (Å²) in [6, 6.07) is 16.5. The molecule has 3 aromatic rings. The van der Waals surface area contributed by atoms with E-state index in [2.05, 4.69) is 20.1 Å². The number of carbonyl (C=O) groups is 1. The van der Waals surface area contributed by atoms with E-state index in [1.54, 1.807) is 17.0 Å². The summed E-state index contributed by atoms with van der Waals surface area (Å²) in [6.45, 7) is 1.24. The quantitative estimate of drug-likeness (QED) is 0.683. The van der Waals surface area contributed by atoms with Crippen LogP contribution in [-0.2, 0) is 19.5 Å². The molecule has 2 amide bonds. The summed E-state index contributed by atoms with van der Waals surface area (Å²) in [4.78, 5) is 14.8. The third-order valence-electron chi connectivity index (χ3n) is 4.91. The van der Waals surface area contributed by atoms with E-state index in [-0.39, 0.29) is 6.03 Å². The van der Waals surface area contributed by atoms with Crippen molar-refractivity contribution in [3.8, 4) is 0 Å². The predicted octanol–water partition coefficient (Wildman–Crippen LogP) is 4.90. The van der Waals surface area contributed by atoms with Gasteiger partial charge in [-0.1, -0.05) is 48.4 Å². The molecule has 1 aromatic heterocycles. The number of aromatic nitrogens is 3. The maximum Gasteiger partial charge on any atom is 0.326 e. The Hall–Kier alpha value is -2.86. The molecule has 0 fully saturated rings. The third-order valence-corrected chi connectivity index (χ3v) is 5.24. The number of anilines is 2. The number of urea groups is 1. The maximum absolute atomic E-state index is 13.1. The molecular weight excluding hydrogens is 374 g/mol. The summed E-state index contributed by atoms with van der Waals surface area (Å²) in [5.74, 6) is 1.81. The fourth-order valence-corrected chi connectivity index (χ4v) is 3.62. The zero-order chi connectivity index (χ0) is 19.3. The molecule has 144 valence electrons. The highest BCUT2D eigenvalue weighted by atomic mass is 35.5. The molecule has 0 spiro atoms. The van der Waals surface area contributed by atoms with Crippen molar-refractivity contribution >= 4 is 29.0 Å².